The molecule has 27 heavy (non-hydrogen) atoms. The summed E-state index contributed by atoms with van der Waals surface area (Å²) in [5.74, 6) is 0.243. The molecular weight excluding hydrogens is 414 g/mol. The molecule has 0 atom stereocenters. The van der Waals surface area contributed by atoms with Gasteiger partial charge in [0.2, 0.25) is 21.1 Å². The molecule has 1 heterocycles. The van der Waals surface area contributed by atoms with Gasteiger partial charge in [-0.3, -0.25) is 24.5 Å². The second-order valence-electron chi connectivity index (χ2n) is 5.32. The van der Waals surface area contributed by atoms with E-state index in [1.165, 1.54) is 41.3 Å². The molecule has 13 heteroatoms. The smallest absolute Gasteiger partial charge is 0.271 e. The first-order valence-corrected chi connectivity index (χ1v) is 11.3. The van der Waals surface area contributed by atoms with Crippen LogP contribution >= 0.6 is 23.1 Å². The minimum Gasteiger partial charge on any atom is -0.299 e. The second-order valence-corrected chi connectivity index (χ2v) is 9.54. The van der Waals surface area contributed by atoms with Crippen LogP contribution in [0.3, 0.4) is 0 Å². The lowest BCUT2D eigenvalue weighted by molar-refractivity contribution is -0.384. The molecule has 0 aliphatic heterocycles. The SMILES string of the molecule is CCCSc1nnc(NC(=O)CN(c2cccc([N+](=O)[O-])c2)S(C)(=O)=O)s1. The number of aromatic nitrogens is 2. The number of nitrogens with one attached hydrogen (secondary N) is 1. The van der Waals surface area contributed by atoms with Crippen LogP contribution in [0, 0.1) is 10.1 Å². The lowest BCUT2D eigenvalue weighted by Gasteiger charge is -2.21. The normalized spacial score (nSPS) is 11.2. The van der Waals surface area contributed by atoms with Crippen LogP contribution in [-0.4, -0.2) is 48.0 Å². The number of carbonyl (C=O) groups is 1. The van der Waals surface area contributed by atoms with Gasteiger partial charge in [0.25, 0.3) is 5.69 Å². The largest absolute Gasteiger partial charge is 0.299 e. The minimum atomic E-state index is -3.84. The first-order chi connectivity index (χ1) is 12.7. The summed E-state index contributed by atoms with van der Waals surface area (Å²) in [7, 11) is -3.84. The van der Waals surface area contributed by atoms with Crippen LogP contribution in [0.25, 0.3) is 0 Å². The average Bonchev–Trinajstić information content (AvgIpc) is 3.04. The maximum absolute atomic E-state index is 12.3. The Hall–Kier alpha value is -2.25. The van der Waals surface area contributed by atoms with Crippen LogP contribution < -0.4 is 9.62 Å². The van der Waals surface area contributed by atoms with Gasteiger partial charge in [0, 0.05) is 17.9 Å². The van der Waals surface area contributed by atoms with E-state index in [-0.39, 0.29) is 16.5 Å². The van der Waals surface area contributed by atoms with Crippen molar-refractivity contribution in [2.75, 3.05) is 28.2 Å². The number of sulfonamides is 1. The molecule has 0 saturated carbocycles. The average molecular weight is 432 g/mol. The molecule has 0 unspecified atom stereocenters. The van der Waals surface area contributed by atoms with Crippen molar-refractivity contribution in [3.05, 3.63) is 34.4 Å². The molecule has 1 amide bonds. The number of nitro benzene ring substituents is 1. The zero-order valence-corrected chi connectivity index (χ0v) is 16.9. The molecule has 1 N–H and O–H groups in total. The molecule has 0 saturated heterocycles. The van der Waals surface area contributed by atoms with Crippen LogP contribution in [0.15, 0.2) is 28.6 Å². The molecule has 2 rings (SSSR count). The van der Waals surface area contributed by atoms with Crippen molar-refractivity contribution >= 4 is 55.5 Å². The predicted molar refractivity (Wildman–Crippen MR) is 105 cm³/mol. The van der Waals surface area contributed by atoms with Gasteiger partial charge in [0.05, 0.1) is 16.9 Å². The second kappa shape index (κ2) is 9.10. The molecule has 1 aromatic carbocycles. The molecule has 0 spiro atoms. The van der Waals surface area contributed by atoms with E-state index >= 15 is 0 Å². The first-order valence-electron chi connectivity index (χ1n) is 7.69. The molecule has 0 aliphatic rings. The highest BCUT2D eigenvalue weighted by Crippen LogP contribution is 2.26. The van der Waals surface area contributed by atoms with Gasteiger partial charge in [-0.25, -0.2) is 8.42 Å². The Labute approximate surface area is 164 Å². The third-order valence-electron chi connectivity index (χ3n) is 3.10. The Morgan fingerprint density at radius 2 is 2.15 bits per heavy atom. The monoisotopic (exact) mass is 431 g/mol. The topological polar surface area (TPSA) is 135 Å². The van der Waals surface area contributed by atoms with E-state index in [2.05, 4.69) is 15.5 Å². The van der Waals surface area contributed by atoms with Gasteiger partial charge in [-0.2, -0.15) is 0 Å². The van der Waals surface area contributed by atoms with Crippen molar-refractivity contribution in [1.82, 2.24) is 10.2 Å². The fraction of sp³-hybridized carbons (Fsp3) is 0.357. The van der Waals surface area contributed by atoms with E-state index in [0.717, 1.165) is 28.8 Å². The predicted octanol–water partition coefficient (Wildman–Crippen LogP) is 2.35. The van der Waals surface area contributed by atoms with Gasteiger partial charge in [-0.1, -0.05) is 36.1 Å². The Bertz CT molecular complexity index is 931. The molecule has 0 bridgehead atoms. The van der Waals surface area contributed by atoms with Gasteiger partial charge in [0.1, 0.15) is 6.54 Å². The minimum absolute atomic E-state index is 0.0262. The van der Waals surface area contributed by atoms with E-state index < -0.39 is 27.4 Å². The molecule has 0 radical (unpaired) electrons. The van der Waals surface area contributed by atoms with Crippen LogP contribution in [0.1, 0.15) is 13.3 Å². The molecule has 0 fully saturated rings. The van der Waals surface area contributed by atoms with Crippen molar-refractivity contribution < 1.29 is 18.1 Å². The molecule has 2 aromatic rings. The Morgan fingerprint density at radius 3 is 2.78 bits per heavy atom. The lowest BCUT2D eigenvalue weighted by atomic mass is 10.3. The maximum atomic E-state index is 12.3. The van der Waals surface area contributed by atoms with Crippen LogP contribution in [0.5, 0.6) is 0 Å². The van der Waals surface area contributed by atoms with Crippen molar-refractivity contribution in [3.63, 3.8) is 0 Å². The summed E-state index contributed by atoms with van der Waals surface area (Å²) < 4.78 is 25.6. The highest BCUT2D eigenvalue weighted by Gasteiger charge is 2.23. The number of rotatable bonds is 9. The summed E-state index contributed by atoms with van der Waals surface area (Å²) in [5.41, 5.74) is -0.249. The van der Waals surface area contributed by atoms with Crippen LogP contribution in [0.4, 0.5) is 16.5 Å². The number of amides is 1. The summed E-state index contributed by atoms with van der Waals surface area (Å²) in [6.07, 6.45) is 1.89. The fourth-order valence-electron chi connectivity index (χ4n) is 1.96. The summed E-state index contributed by atoms with van der Waals surface area (Å²) in [4.78, 5) is 22.5. The quantitative estimate of drug-likeness (QED) is 0.277. The Kier molecular flexibility index (Phi) is 7.10. The summed E-state index contributed by atoms with van der Waals surface area (Å²) in [6.45, 7) is 1.49. The number of nitro groups is 1. The molecular formula is C14H17N5O5S3. The zero-order chi connectivity index (χ0) is 20.0. The van der Waals surface area contributed by atoms with Gasteiger partial charge >= 0.3 is 0 Å². The molecule has 0 aliphatic carbocycles. The van der Waals surface area contributed by atoms with Crippen LogP contribution in [-0.2, 0) is 14.8 Å². The summed E-state index contributed by atoms with van der Waals surface area (Å²) >= 11 is 2.70. The third kappa shape index (κ3) is 6.15. The molecule has 1 aromatic heterocycles. The molecule has 146 valence electrons. The number of anilines is 2. The van der Waals surface area contributed by atoms with Crippen molar-refractivity contribution in [1.29, 1.82) is 0 Å². The molecule has 10 nitrogen and oxygen atoms in total. The van der Waals surface area contributed by atoms with Crippen molar-refractivity contribution in [2.45, 2.75) is 17.7 Å². The third-order valence-corrected chi connectivity index (χ3v) is 6.42. The Morgan fingerprint density at radius 1 is 1.41 bits per heavy atom. The van der Waals surface area contributed by atoms with E-state index in [1.807, 2.05) is 6.92 Å². The van der Waals surface area contributed by atoms with Gasteiger partial charge in [-0.05, 0) is 12.5 Å². The van der Waals surface area contributed by atoms with Gasteiger partial charge in [-0.15, -0.1) is 10.2 Å². The zero-order valence-electron chi connectivity index (χ0n) is 14.5. The van der Waals surface area contributed by atoms with Gasteiger partial charge < -0.3 is 0 Å². The maximum Gasteiger partial charge on any atom is 0.271 e. The van der Waals surface area contributed by atoms with Gasteiger partial charge in [0.15, 0.2) is 4.34 Å². The highest BCUT2D eigenvalue weighted by atomic mass is 32.2. The lowest BCUT2D eigenvalue weighted by Crippen LogP contribution is -2.37. The van der Waals surface area contributed by atoms with Crippen molar-refractivity contribution in [3.8, 4) is 0 Å². The number of nitrogens with zero attached hydrogens (tertiary/aromatic N) is 4. The fourth-order valence-corrected chi connectivity index (χ4v) is 4.50. The summed E-state index contributed by atoms with van der Waals surface area (Å²) in [6, 6.07) is 5.07. The number of carbonyl (C=O) groups excluding carboxylic acids is 1. The number of hydrogen-bond donors (Lipinski definition) is 1. The number of benzene rings is 1. The highest BCUT2D eigenvalue weighted by molar-refractivity contribution is 8.01. The Balaban J connectivity index is 2.14. The van der Waals surface area contributed by atoms with Crippen molar-refractivity contribution in [2.24, 2.45) is 0 Å². The van der Waals surface area contributed by atoms with E-state index in [4.69, 9.17) is 0 Å². The number of thioether (sulfide) groups is 1. The summed E-state index contributed by atoms with van der Waals surface area (Å²) in [5, 5.41) is 21.4. The van der Waals surface area contributed by atoms with Crippen LogP contribution in [0.2, 0.25) is 0 Å². The van der Waals surface area contributed by atoms with E-state index in [1.54, 1.807) is 0 Å². The standard InChI is InChI=1S/C14H17N5O5S3/c1-3-7-25-14-17-16-13(26-14)15-12(20)9-18(27(2,23)24)10-5-4-6-11(8-10)19(21)22/h4-6,8H,3,7,9H2,1-2H3,(H,15,16,20). The first kappa shape index (κ1) is 21.1. The number of non-ortho nitro benzene ring substituents is 1. The number of hydrogen-bond acceptors (Lipinski definition) is 9. The van der Waals surface area contributed by atoms with E-state index in [9.17, 15) is 23.3 Å². The van der Waals surface area contributed by atoms with E-state index in [0.29, 0.717) is 4.34 Å².